The van der Waals surface area contributed by atoms with Crippen molar-refractivity contribution in [3.05, 3.63) is 52.5 Å². The molecule has 3 aromatic rings. The molecule has 0 spiro atoms. The van der Waals surface area contributed by atoms with Crippen molar-refractivity contribution >= 4 is 32.1 Å². The Labute approximate surface area is 121 Å². The van der Waals surface area contributed by atoms with E-state index in [4.69, 9.17) is 0 Å². The van der Waals surface area contributed by atoms with Crippen molar-refractivity contribution in [2.45, 2.75) is 19.4 Å². The molecule has 0 saturated carbocycles. The molecule has 0 aliphatic heterocycles. The molecule has 3 rings (SSSR count). The number of likely N-dealkylation sites (N-methyl/N-ethyl adjacent to an activating group) is 1. The summed E-state index contributed by atoms with van der Waals surface area (Å²) in [5.74, 6) is 0. The molecule has 0 bridgehead atoms. The van der Waals surface area contributed by atoms with E-state index in [0.717, 1.165) is 13.0 Å². The van der Waals surface area contributed by atoms with Gasteiger partial charge in [0, 0.05) is 32.7 Å². The molecular formula is C15H16N2S2. The second-order valence-corrected chi connectivity index (χ2v) is 6.54. The van der Waals surface area contributed by atoms with Gasteiger partial charge in [-0.3, -0.25) is 4.98 Å². The fraction of sp³-hybridized carbons (Fsp3) is 0.267. The Morgan fingerprint density at radius 1 is 1.32 bits per heavy atom. The van der Waals surface area contributed by atoms with Gasteiger partial charge in [-0.15, -0.1) is 22.7 Å². The number of rotatable bonds is 5. The summed E-state index contributed by atoms with van der Waals surface area (Å²) in [4.78, 5) is 5.63. The van der Waals surface area contributed by atoms with Gasteiger partial charge >= 0.3 is 0 Å². The number of nitrogens with one attached hydrogen (secondary N) is 1. The summed E-state index contributed by atoms with van der Waals surface area (Å²) in [6.07, 6.45) is 4.78. The lowest BCUT2D eigenvalue weighted by Crippen LogP contribution is -2.22. The zero-order valence-electron chi connectivity index (χ0n) is 10.8. The SMILES string of the molecule is CCNC(Cc1cccnc1)c1cc2sccc2s1. The smallest absolute Gasteiger partial charge is 0.0456 e. The van der Waals surface area contributed by atoms with Gasteiger partial charge in [0.1, 0.15) is 0 Å². The number of hydrogen-bond acceptors (Lipinski definition) is 4. The highest BCUT2D eigenvalue weighted by molar-refractivity contribution is 7.26. The molecule has 0 fully saturated rings. The van der Waals surface area contributed by atoms with E-state index in [1.54, 1.807) is 0 Å². The number of thiophene rings is 2. The van der Waals surface area contributed by atoms with Gasteiger partial charge in [-0.1, -0.05) is 13.0 Å². The van der Waals surface area contributed by atoms with Gasteiger partial charge in [0.2, 0.25) is 0 Å². The van der Waals surface area contributed by atoms with Crippen LogP contribution in [0.15, 0.2) is 42.0 Å². The first-order chi connectivity index (χ1) is 9.36. The third kappa shape index (κ3) is 2.86. The highest BCUT2D eigenvalue weighted by Crippen LogP contribution is 2.34. The van der Waals surface area contributed by atoms with Crippen LogP contribution in [0.3, 0.4) is 0 Å². The second kappa shape index (κ2) is 5.82. The van der Waals surface area contributed by atoms with Gasteiger partial charge in [0.15, 0.2) is 0 Å². The Morgan fingerprint density at radius 2 is 2.26 bits per heavy atom. The fourth-order valence-electron chi connectivity index (χ4n) is 2.23. The summed E-state index contributed by atoms with van der Waals surface area (Å²) < 4.78 is 2.79. The average Bonchev–Trinajstić information content (AvgIpc) is 3.00. The monoisotopic (exact) mass is 288 g/mol. The van der Waals surface area contributed by atoms with Crippen molar-refractivity contribution in [1.82, 2.24) is 10.3 Å². The van der Waals surface area contributed by atoms with Crippen LogP contribution in [0.2, 0.25) is 0 Å². The third-order valence-corrected chi connectivity index (χ3v) is 5.32. The average molecular weight is 288 g/mol. The summed E-state index contributed by atoms with van der Waals surface area (Å²) in [6, 6.07) is 9.08. The van der Waals surface area contributed by atoms with Gasteiger partial charge in [-0.05, 0) is 42.1 Å². The minimum absolute atomic E-state index is 0.388. The highest BCUT2D eigenvalue weighted by Gasteiger charge is 2.14. The maximum Gasteiger partial charge on any atom is 0.0456 e. The quantitative estimate of drug-likeness (QED) is 0.759. The number of pyridine rings is 1. The van der Waals surface area contributed by atoms with E-state index >= 15 is 0 Å². The molecule has 0 aromatic carbocycles. The van der Waals surface area contributed by atoms with Crippen molar-refractivity contribution in [1.29, 1.82) is 0 Å². The van der Waals surface area contributed by atoms with Gasteiger partial charge < -0.3 is 5.32 Å². The van der Waals surface area contributed by atoms with Crippen LogP contribution in [0.1, 0.15) is 23.4 Å². The Hall–Kier alpha value is -1.23. The number of nitrogens with zero attached hydrogens (tertiary/aromatic N) is 1. The fourth-order valence-corrected chi connectivity index (χ4v) is 4.43. The molecule has 2 nitrogen and oxygen atoms in total. The normalized spacial score (nSPS) is 12.9. The molecule has 1 atom stereocenters. The molecule has 0 amide bonds. The molecule has 0 saturated heterocycles. The largest absolute Gasteiger partial charge is 0.309 e. The number of hydrogen-bond donors (Lipinski definition) is 1. The van der Waals surface area contributed by atoms with Gasteiger partial charge in [0.05, 0.1) is 0 Å². The molecule has 0 radical (unpaired) electrons. The van der Waals surface area contributed by atoms with Crippen LogP contribution in [0.25, 0.3) is 9.40 Å². The van der Waals surface area contributed by atoms with Crippen molar-refractivity contribution in [2.75, 3.05) is 6.54 Å². The van der Waals surface area contributed by atoms with Crippen molar-refractivity contribution in [3.63, 3.8) is 0 Å². The van der Waals surface area contributed by atoms with Crippen molar-refractivity contribution in [3.8, 4) is 0 Å². The lowest BCUT2D eigenvalue weighted by atomic mass is 10.1. The van der Waals surface area contributed by atoms with Gasteiger partial charge in [-0.2, -0.15) is 0 Å². The molecule has 3 heterocycles. The minimum Gasteiger partial charge on any atom is -0.309 e. The third-order valence-electron chi connectivity index (χ3n) is 3.12. The van der Waals surface area contributed by atoms with Crippen LogP contribution in [0.4, 0.5) is 0 Å². The lowest BCUT2D eigenvalue weighted by molar-refractivity contribution is 0.558. The molecule has 1 unspecified atom stereocenters. The first-order valence-corrected chi connectivity index (χ1v) is 8.15. The van der Waals surface area contributed by atoms with Crippen LogP contribution in [0.5, 0.6) is 0 Å². The Kier molecular flexibility index (Phi) is 3.92. The van der Waals surface area contributed by atoms with Gasteiger partial charge in [0.25, 0.3) is 0 Å². The number of fused-ring (bicyclic) bond motifs is 1. The molecule has 0 aliphatic rings. The summed E-state index contributed by atoms with van der Waals surface area (Å²) >= 11 is 3.72. The first-order valence-electron chi connectivity index (χ1n) is 6.46. The molecule has 4 heteroatoms. The molecular weight excluding hydrogens is 272 g/mol. The summed E-state index contributed by atoms with van der Waals surface area (Å²) in [5, 5.41) is 5.75. The maximum absolute atomic E-state index is 4.20. The van der Waals surface area contributed by atoms with E-state index in [1.165, 1.54) is 19.8 Å². The lowest BCUT2D eigenvalue weighted by Gasteiger charge is -2.16. The summed E-state index contributed by atoms with van der Waals surface area (Å²) in [5.41, 5.74) is 1.28. The van der Waals surface area contributed by atoms with E-state index in [9.17, 15) is 0 Å². The first kappa shape index (κ1) is 12.8. The standard InChI is InChI=1S/C15H16N2S2/c1-2-17-12(8-11-4-3-6-16-10-11)14-9-15-13(19-14)5-7-18-15/h3-7,9-10,12,17H,2,8H2,1H3. The molecule has 19 heavy (non-hydrogen) atoms. The Balaban J connectivity index is 1.86. The molecule has 1 N–H and O–H groups in total. The van der Waals surface area contributed by atoms with E-state index in [-0.39, 0.29) is 0 Å². The van der Waals surface area contributed by atoms with Gasteiger partial charge in [-0.25, -0.2) is 0 Å². The predicted molar refractivity (Wildman–Crippen MR) is 84.1 cm³/mol. The van der Waals surface area contributed by atoms with E-state index in [2.05, 4.69) is 40.8 Å². The maximum atomic E-state index is 4.20. The van der Waals surface area contributed by atoms with Crippen molar-refractivity contribution in [2.24, 2.45) is 0 Å². The Morgan fingerprint density at radius 3 is 3.00 bits per heavy atom. The van der Waals surface area contributed by atoms with Crippen LogP contribution in [-0.4, -0.2) is 11.5 Å². The second-order valence-electron chi connectivity index (χ2n) is 4.47. The predicted octanol–water partition coefficient (Wildman–Crippen LogP) is 4.25. The molecule has 0 aliphatic carbocycles. The molecule has 98 valence electrons. The number of aromatic nitrogens is 1. The van der Waals surface area contributed by atoms with Crippen LogP contribution >= 0.6 is 22.7 Å². The van der Waals surface area contributed by atoms with Crippen molar-refractivity contribution < 1.29 is 0 Å². The van der Waals surface area contributed by atoms with E-state index in [1.807, 2.05) is 41.1 Å². The van der Waals surface area contributed by atoms with E-state index < -0.39 is 0 Å². The Bertz CT molecular complexity index is 614. The zero-order valence-corrected chi connectivity index (χ0v) is 12.4. The summed E-state index contributed by atoms with van der Waals surface area (Å²) in [7, 11) is 0. The van der Waals surface area contributed by atoms with Crippen LogP contribution < -0.4 is 5.32 Å². The minimum atomic E-state index is 0.388. The van der Waals surface area contributed by atoms with Crippen LogP contribution in [0, 0.1) is 0 Å². The summed E-state index contributed by atoms with van der Waals surface area (Å²) in [6.45, 7) is 3.14. The van der Waals surface area contributed by atoms with Crippen LogP contribution in [-0.2, 0) is 6.42 Å². The van der Waals surface area contributed by atoms with E-state index in [0.29, 0.717) is 6.04 Å². The topological polar surface area (TPSA) is 24.9 Å². The molecule has 3 aromatic heterocycles. The highest BCUT2D eigenvalue weighted by atomic mass is 32.1. The zero-order chi connectivity index (χ0) is 13.1.